The summed E-state index contributed by atoms with van der Waals surface area (Å²) in [5.74, 6) is -1.39. The van der Waals surface area contributed by atoms with Gasteiger partial charge in [-0.15, -0.1) is 0 Å². The number of rotatable bonds is 2. The standard InChI is InChI=1S/C7H3BrF4O3S/c8-5-3-4(1-2-6(5)9)15-16(13,14)7(10,11)12/h1-3H. The van der Waals surface area contributed by atoms with E-state index in [1.54, 1.807) is 0 Å². The molecule has 0 spiro atoms. The van der Waals surface area contributed by atoms with E-state index in [0.29, 0.717) is 0 Å². The van der Waals surface area contributed by atoms with Gasteiger partial charge in [0.05, 0.1) is 4.47 Å². The number of benzene rings is 1. The monoisotopic (exact) mass is 322 g/mol. The Balaban J connectivity index is 3.03. The number of alkyl halides is 3. The summed E-state index contributed by atoms with van der Waals surface area (Å²) in [6, 6.07) is 2.31. The summed E-state index contributed by atoms with van der Waals surface area (Å²) in [6.45, 7) is 0. The maximum atomic E-state index is 12.7. The fourth-order valence-electron chi connectivity index (χ4n) is 0.703. The molecule has 0 N–H and O–H groups in total. The van der Waals surface area contributed by atoms with Crippen LogP contribution < -0.4 is 4.18 Å². The molecule has 0 aliphatic carbocycles. The number of hydrogen-bond acceptors (Lipinski definition) is 3. The first-order valence-corrected chi connectivity index (χ1v) is 5.79. The maximum absolute atomic E-state index is 12.7. The van der Waals surface area contributed by atoms with Crippen LogP contribution in [0.25, 0.3) is 0 Å². The van der Waals surface area contributed by atoms with Crippen LogP contribution in [0.1, 0.15) is 0 Å². The van der Waals surface area contributed by atoms with Crippen LogP contribution in [0.2, 0.25) is 0 Å². The van der Waals surface area contributed by atoms with Crippen molar-refractivity contribution in [1.82, 2.24) is 0 Å². The van der Waals surface area contributed by atoms with Gasteiger partial charge in [0, 0.05) is 0 Å². The number of hydrogen-bond donors (Lipinski definition) is 0. The lowest BCUT2D eigenvalue weighted by atomic mass is 10.3. The van der Waals surface area contributed by atoms with Crippen molar-refractivity contribution in [3.05, 3.63) is 28.5 Å². The van der Waals surface area contributed by atoms with Crippen LogP contribution in [0.3, 0.4) is 0 Å². The molecule has 1 rings (SSSR count). The van der Waals surface area contributed by atoms with E-state index in [9.17, 15) is 26.0 Å². The van der Waals surface area contributed by atoms with E-state index in [4.69, 9.17) is 0 Å². The van der Waals surface area contributed by atoms with E-state index in [1.807, 2.05) is 0 Å². The Morgan fingerprint density at radius 3 is 2.25 bits per heavy atom. The molecule has 0 amide bonds. The topological polar surface area (TPSA) is 43.4 Å². The molecule has 16 heavy (non-hydrogen) atoms. The summed E-state index contributed by atoms with van der Waals surface area (Å²) in [6.07, 6.45) is 0. The molecule has 1 aromatic rings. The molecule has 0 saturated carbocycles. The van der Waals surface area contributed by atoms with Gasteiger partial charge in [-0.2, -0.15) is 21.6 Å². The van der Waals surface area contributed by atoms with E-state index in [1.165, 1.54) is 0 Å². The lowest BCUT2D eigenvalue weighted by Gasteiger charge is -2.09. The zero-order valence-electron chi connectivity index (χ0n) is 7.25. The highest BCUT2D eigenvalue weighted by Gasteiger charge is 2.48. The zero-order chi connectivity index (χ0) is 12.6. The van der Waals surface area contributed by atoms with E-state index >= 15 is 0 Å². The highest BCUT2D eigenvalue weighted by atomic mass is 79.9. The largest absolute Gasteiger partial charge is 0.534 e. The van der Waals surface area contributed by atoms with Crippen molar-refractivity contribution < 1.29 is 30.2 Å². The van der Waals surface area contributed by atoms with Gasteiger partial charge < -0.3 is 4.18 Å². The van der Waals surface area contributed by atoms with Gasteiger partial charge in [0.25, 0.3) is 0 Å². The maximum Gasteiger partial charge on any atom is 0.534 e. The molecule has 0 heterocycles. The summed E-state index contributed by atoms with van der Waals surface area (Å²) < 4.78 is 73.1. The lowest BCUT2D eigenvalue weighted by molar-refractivity contribution is -0.0500. The third kappa shape index (κ3) is 2.85. The van der Waals surface area contributed by atoms with Crippen molar-refractivity contribution >= 4 is 26.0 Å². The third-order valence-corrected chi connectivity index (χ3v) is 2.97. The SMILES string of the molecule is O=S(=O)(Oc1ccc(F)c(Br)c1)C(F)(F)F. The summed E-state index contributed by atoms with van der Waals surface area (Å²) in [4.78, 5) is 0. The van der Waals surface area contributed by atoms with E-state index in [-0.39, 0.29) is 4.47 Å². The molecular weight excluding hydrogens is 320 g/mol. The van der Waals surface area contributed by atoms with Crippen LogP contribution in [0.15, 0.2) is 22.7 Å². The molecule has 0 aromatic heterocycles. The van der Waals surface area contributed by atoms with Gasteiger partial charge in [-0.1, -0.05) is 0 Å². The normalized spacial score (nSPS) is 12.6. The van der Waals surface area contributed by atoms with Crippen LogP contribution in [-0.2, 0) is 10.1 Å². The predicted octanol–water partition coefficient (Wildman–Crippen LogP) is 2.82. The van der Waals surface area contributed by atoms with Gasteiger partial charge in [-0.3, -0.25) is 0 Å². The smallest absolute Gasteiger partial charge is 0.376 e. The summed E-state index contributed by atoms with van der Waals surface area (Å²) in [5.41, 5.74) is -5.52. The quantitative estimate of drug-likeness (QED) is 0.478. The average molecular weight is 323 g/mol. The van der Waals surface area contributed by atoms with Crippen molar-refractivity contribution in [3.63, 3.8) is 0 Å². The molecule has 0 saturated heterocycles. The van der Waals surface area contributed by atoms with E-state index < -0.39 is 27.2 Å². The van der Waals surface area contributed by atoms with Gasteiger partial charge >= 0.3 is 15.6 Å². The van der Waals surface area contributed by atoms with Crippen molar-refractivity contribution in [2.75, 3.05) is 0 Å². The fourth-order valence-corrected chi connectivity index (χ4v) is 1.51. The van der Waals surface area contributed by atoms with Gasteiger partial charge in [0.15, 0.2) is 0 Å². The van der Waals surface area contributed by atoms with Crippen molar-refractivity contribution in [3.8, 4) is 5.75 Å². The molecule has 0 unspecified atom stereocenters. The first kappa shape index (κ1) is 13.2. The van der Waals surface area contributed by atoms with Gasteiger partial charge in [-0.05, 0) is 34.1 Å². The molecule has 0 bridgehead atoms. The summed E-state index contributed by atoms with van der Waals surface area (Å²) >= 11 is 2.67. The molecular formula is C7H3BrF4O3S. The minimum atomic E-state index is -5.72. The first-order valence-electron chi connectivity index (χ1n) is 3.59. The second-order valence-corrected chi connectivity index (χ2v) is 4.95. The van der Waals surface area contributed by atoms with Crippen LogP contribution in [0, 0.1) is 5.82 Å². The molecule has 3 nitrogen and oxygen atoms in total. The molecule has 9 heteroatoms. The Kier molecular flexibility index (Phi) is 3.48. The Morgan fingerprint density at radius 2 is 1.81 bits per heavy atom. The van der Waals surface area contributed by atoms with E-state index in [2.05, 4.69) is 20.1 Å². The Labute approximate surface area is 96.3 Å². The third-order valence-electron chi connectivity index (χ3n) is 1.38. The van der Waals surface area contributed by atoms with Crippen LogP contribution in [-0.4, -0.2) is 13.9 Å². The van der Waals surface area contributed by atoms with Crippen LogP contribution in [0.4, 0.5) is 17.6 Å². The minimum Gasteiger partial charge on any atom is -0.376 e. The zero-order valence-corrected chi connectivity index (χ0v) is 9.66. The van der Waals surface area contributed by atoms with Gasteiger partial charge in [-0.25, -0.2) is 4.39 Å². The molecule has 1 aromatic carbocycles. The first-order chi connectivity index (χ1) is 7.13. The molecule has 0 atom stereocenters. The second-order valence-electron chi connectivity index (χ2n) is 2.56. The van der Waals surface area contributed by atoms with Crippen molar-refractivity contribution in [2.45, 2.75) is 5.51 Å². The van der Waals surface area contributed by atoms with E-state index in [0.717, 1.165) is 18.2 Å². The van der Waals surface area contributed by atoms with Crippen molar-refractivity contribution in [1.29, 1.82) is 0 Å². The molecule has 0 radical (unpaired) electrons. The molecule has 90 valence electrons. The van der Waals surface area contributed by atoms with Gasteiger partial charge in [0.1, 0.15) is 11.6 Å². The Hall–Kier alpha value is -0.830. The highest BCUT2D eigenvalue weighted by molar-refractivity contribution is 9.10. The van der Waals surface area contributed by atoms with Crippen molar-refractivity contribution in [2.24, 2.45) is 0 Å². The predicted molar refractivity (Wildman–Crippen MR) is 49.7 cm³/mol. The molecule has 0 fully saturated rings. The minimum absolute atomic E-state index is 0.206. The Bertz CT molecular complexity index is 497. The Morgan fingerprint density at radius 1 is 1.25 bits per heavy atom. The summed E-state index contributed by atoms with van der Waals surface area (Å²) in [5, 5.41) is 0. The van der Waals surface area contributed by atoms with Gasteiger partial charge in [0.2, 0.25) is 0 Å². The lowest BCUT2D eigenvalue weighted by Crippen LogP contribution is -2.28. The molecule has 0 aliphatic heterocycles. The second kappa shape index (κ2) is 4.21. The summed E-state index contributed by atoms with van der Waals surface area (Å²) in [7, 11) is -5.72. The fraction of sp³-hybridized carbons (Fsp3) is 0.143. The average Bonchev–Trinajstić information content (AvgIpc) is 2.09. The van der Waals surface area contributed by atoms with Crippen LogP contribution >= 0.6 is 15.9 Å². The highest BCUT2D eigenvalue weighted by Crippen LogP contribution is 2.28. The van der Waals surface area contributed by atoms with Crippen LogP contribution in [0.5, 0.6) is 5.75 Å². The number of halogens is 5. The molecule has 0 aliphatic rings.